The van der Waals surface area contributed by atoms with Crippen LogP contribution in [0.2, 0.25) is 0 Å². The minimum atomic E-state index is -1.04. The third kappa shape index (κ3) is 3.15. The third-order valence-electron chi connectivity index (χ3n) is 3.32. The zero-order valence-corrected chi connectivity index (χ0v) is 10.9. The number of carbonyl (C=O) groups is 1. The molecule has 1 aliphatic heterocycles. The lowest BCUT2D eigenvalue weighted by molar-refractivity contribution is -0.122. The molecule has 1 aliphatic rings. The van der Waals surface area contributed by atoms with Crippen LogP contribution in [0.15, 0.2) is 36.9 Å². The van der Waals surface area contributed by atoms with Gasteiger partial charge in [0.2, 0.25) is 5.91 Å². The second kappa shape index (κ2) is 5.89. The average molecular weight is 261 g/mol. The number of hydrogen-bond donors (Lipinski definition) is 2. The van der Waals surface area contributed by atoms with Crippen molar-refractivity contribution >= 4 is 5.91 Å². The molecule has 4 nitrogen and oxygen atoms in total. The summed E-state index contributed by atoms with van der Waals surface area (Å²) in [5, 5.41) is 13.5. The van der Waals surface area contributed by atoms with Gasteiger partial charge >= 0.3 is 0 Å². The monoisotopic (exact) mass is 261 g/mol. The minimum absolute atomic E-state index is 0.0719. The van der Waals surface area contributed by atoms with Crippen molar-refractivity contribution in [3.05, 3.63) is 42.5 Å². The van der Waals surface area contributed by atoms with Crippen LogP contribution in [0.4, 0.5) is 0 Å². The van der Waals surface area contributed by atoms with Crippen molar-refractivity contribution in [2.75, 3.05) is 13.2 Å². The number of aliphatic hydroxyl groups is 1. The van der Waals surface area contributed by atoms with Crippen LogP contribution in [0, 0.1) is 0 Å². The molecule has 0 radical (unpaired) electrons. The highest BCUT2D eigenvalue weighted by molar-refractivity contribution is 5.76. The smallest absolute Gasteiger partial charge is 0.220 e. The minimum Gasteiger partial charge on any atom is -0.493 e. The van der Waals surface area contributed by atoms with E-state index in [1.165, 1.54) is 0 Å². The summed E-state index contributed by atoms with van der Waals surface area (Å²) in [6.07, 6.45) is 3.23. The van der Waals surface area contributed by atoms with Crippen LogP contribution in [0.3, 0.4) is 0 Å². The van der Waals surface area contributed by atoms with E-state index in [1.54, 1.807) is 6.08 Å². The number of nitrogens with one attached hydrogen (secondary N) is 1. The first-order valence-corrected chi connectivity index (χ1v) is 6.48. The first kappa shape index (κ1) is 13.6. The lowest BCUT2D eigenvalue weighted by atomic mass is 9.88. The van der Waals surface area contributed by atoms with Crippen LogP contribution >= 0.6 is 0 Å². The van der Waals surface area contributed by atoms with Gasteiger partial charge in [-0.2, -0.15) is 0 Å². The number of allylic oxidation sites excluding steroid dienone is 1. The Bertz CT molecular complexity index is 472. The Morgan fingerprint density at radius 2 is 2.32 bits per heavy atom. The van der Waals surface area contributed by atoms with Gasteiger partial charge in [-0.05, 0) is 12.5 Å². The maximum Gasteiger partial charge on any atom is 0.220 e. The quantitative estimate of drug-likeness (QED) is 0.794. The van der Waals surface area contributed by atoms with E-state index in [9.17, 15) is 9.90 Å². The SMILES string of the molecule is C=CCCC(=O)NCC1(O)CCOc2ccccc21. The highest BCUT2D eigenvalue weighted by atomic mass is 16.5. The predicted octanol–water partition coefficient (Wildman–Crippen LogP) is 1.74. The molecule has 19 heavy (non-hydrogen) atoms. The number of carbonyl (C=O) groups excluding carboxylic acids is 1. The molecule has 102 valence electrons. The number of amides is 1. The van der Waals surface area contributed by atoms with Gasteiger partial charge in [0.15, 0.2) is 0 Å². The topological polar surface area (TPSA) is 58.6 Å². The first-order valence-electron chi connectivity index (χ1n) is 6.48. The normalized spacial score (nSPS) is 21.1. The molecule has 1 atom stereocenters. The Labute approximate surface area is 113 Å². The summed E-state index contributed by atoms with van der Waals surface area (Å²) in [5.41, 5.74) is -0.302. The van der Waals surface area contributed by atoms with E-state index in [-0.39, 0.29) is 12.5 Å². The number of hydrogen-bond acceptors (Lipinski definition) is 3. The van der Waals surface area contributed by atoms with Gasteiger partial charge in [-0.1, -0.05) is 24.3 Å². The molecule has 0 spiro atoms. The van der Waals surface area contributed by atoms with E-state index in [0.29, 0.717) is 31.6 Å². The first-order chi connectivity index (χ1) is 9.15. The van der Waals surface area contributed by atoms with Crippen molar-refractivity contribution in [1.29, 1.82) is 0 Å². The fourth-order valence-electron chi connectivity index (χ4n) is 2.19. The van der Waals surface area contributed by atoms with Gasteiger partial charge in [0.1, 0.15) is 11.4 Å². The summed E-state index contributed by atoms with van der Waals surface area (Å²) in [7, 11) is 0. The van der Waals surface area contributed by atoms with Crippen LogP contribution in [0.25, 0.3) is 0 Å². The molecule has 1 unspecified atom stereocenters. The van der Waals surface area contributed by atoms with Gasteiger partial charge < -0.3 is 15.2 Å². The summed E-state index contributed by atoms with van der Waals surface area (Å²) < 4.78 is 5.50. The Kier molecular flexibility index (Phi) is 4.22. The summed E-state index contributed by atoms with van der Waals surface area (Å²) >= 11 is 0. The highest BCUT2D eigenvalue weighted by Crippen LogP contribution is 2.36. The standard InChI is InChI=1S/C15H19NO3/c1-2-3-8-14(17)16-11-15(18)9-10-19-13-7-5-4-6-12(13)15/h2,4-7,18H,1,3,8-11H2,(H,16,17). The number of rotatable bonds is 5. The predicted molar refractivity (Wildman–Crippen MR) is 72.9 cm³/mol. The summed E-state index contributed by atoms with van der Waals surface area (Å²) in [5.74, 6) is 0.619. The Hall–Kier alpha value is -1.81. The highest BCUT2D eigenvalue weighted by Gasteiger charge is 2.35. The van der Waals surface area contributed by atoms with Gasteiger partial charge in [-0.15, -0.1) is 6.58 Å². The molecule has 1 aromatic rings. The van der Waals surface area contributed by atoms with Crippen molar-refractivity contribution in [1.82, 2.24) is 5.32 Å². The molecule has 4 heteroatoms. The van der Waals surface area contributed by atoms with E-state index in [1.807, 2.05) is 24.3 Å². The molecule has 0 fully saturated rings. The maximum absolute atomic E-state index is 11.6. The van der Waals surface area contributed by atoms with Crippen molar-refractivity contribution in [2.45, 2.75) is 24.9 Å². The van der Waals surface area contributed by atoms with E-state index in [4.69, 9.17) is 4.74 Å². The Morgan fingerprint density at radius 1 is 1.53 bits per heavy atom. The summed E-state index contributed by atoms with van der Waals surface area (Å²) in [4.78, 5) is 11.6. The van der Waals surface area contributed by atoms with E-state index in [0.717, 1.165) is 5.56 Å². The molecule has 0 aromatic heterocycles. The van der Waals surface area contributed by atoms with Crippen molar-refractivity contribution < 1.29 is 14.6 Å². The van der Waals surface area contributed by atoms with Crippen LogP contribution in [0.5, 0.6) is 5.75 Å². The Morgan fingerprint density at radius 3 is 3.11 bits per heavy atom. The molecule has 0 bridgehead atoms. The molecule has 1 heterocycles. The van der Waals surface area contributed by atoms with E-state index < -0.39 is 5.60 Å². The number of benzene rings is 1. The molecule has 2 rings (SSSR count). The van der Waals surface area contributed by atoms with Crippen molar-refractivity contribution in [3.8, 4) is 5.75 Å². The number of fused-ring (bicyclic) bond motifs is 1. The molecular weight excluding hydrogens is 242 g/mol. The number of para-hydroxylation sites is 1. The van der Waals surface area contributed by atoms with E-state index in [2.05, 4.69) is 11.9 Å². The molecule has 1 amide bonds. The lowest BCUT2D eigenvalue weighted by Gasteiger charge is -2.34. The summed E-state index contributed by atoms with van der Waals surface area (Å²) in [6, 6.07) is 7.40. The molecular formula is C15H19NO3. The molecule has 2 N–H and O–H groups in total. The molecule has 0 aliphatic carbocycles. The van der Waals surface area contributed by atoms with Gasteiger partial charge in [-0.3, -0.25) is 4.79 Å². The van der Waals surface area contributed by atoms with Gasteiger partial charge in [0.05, 0.1) is 13.2 Å². The Balaban J connectivity index is 2.03. The summed E-state index contributed by atoms with van der Waals surface area (Å²) in [6.45, 7) is 4.25. The van der Waals surface area contributed by atoms with Crippen LogP contribution < -0.4 is 10.1 Å². The fourth-order valence-corrected chi connectivity index (χ4v) is 2.19. The van der Waals surface area contributed by atoms with Crippen molar-refractivity contribution in [2.24, 2.45) is 0 Å². The van der Waals surface area contributed by atoms with E-state index >= 15 is 0 Å². The molecule has 1 aromatic carbocycles. The van der Waals surface area contributed by atoms with Gasteiger partial charge in [0.25, 0.3) is 0 Å². The number of ether oxygens (including phenoxy) is 1. The van der Waals surface area contributed by atoms with Crippen molar-refractivity contribution in [3.63, 3.8) is 0 Å². The van der Waals surface area contributed by atoms with Crippen LogP contribution in [0.1, 0.15) is 24.8 Å². The second-order valence-electron chi connectivity index (χ2n) is 4.73. The zero-order valence-electron chi connectivity index (χ0n) is 10.9. The molecule has 0 saturated heterocycles. The molecule has 0 saturated carbocycles. The zero-order chi connectivity index (χ0) is 13.7. The van der Waals surface area contributed by atoms with Gasteiger partial charge in [-0.25, -0.2) is 0 Å². The van der Waals surface area contributed by atoms with Crippen LogP contribution in [-0.2, 0) is 10.4 Å². The van der Waals surface area contributed by atoms with Crippen LogP contribution in [-0.4, -0.2) is 24.2 Å². The maximum atomic E-state index is 11.6. The van der Waals surface area contributed by atoms with Gasteiger partial charge in [0, 0.05) is 18.4 Å². The fraction of sp³-hybridized carbons (Fsp3) is 0.400. The lowest BCUT2D eigenvalue weighted by Crippen LogP contribution is -2.43. The second-order valence-corrected chi connectivity index (χ2v) is 4.73. The largest absolute Gasteiger partial charge is 0.493 e. The average Bonchev–Trinajstić information content (AvgIpc) is 2.44. The third-order valence-corrected chi connectivity index (χ3v) is 3.32.